The number of rotatable bonds is 7. The molecule has 0 saturated carbocycles. The summed E-state index contributed by atoms with van der Waals surface area (Å²) in [4.78, 5) is 0. The van der Waals surface area contributed by atoms with Gasteiger partial charge in [0.2, 0.25) is 0 Å². The third-order valence-corrected chi connectivity index (χ3v) is 2.99. The van der Waals surface area contributed by atoms with Gasteiger partial charge in [0.05, 0.1) is 0 Å². The third-order valence-electron chi connectivity index (χ3n) is 2.99. The molecule has 0 fully saturated rings. The van der Waals surface area contributed by atoms with E-state index in [1.165, 1.54) is 38.5 Å². The van der Waals surface area contributed by atoms with Gasteiger partial charge < -0.3 is 5.73 Å². The first-order chi connectivity index (χ1) is 5.68. The zero-order valence-electron chi connectivity index (χ0n) is 9.03. The molecule has 1 nitrogen and oxygen atoms in total. The Morgan fingerprint density at radius 2 is 1.75 bits per heavy atom. The minimum absolute atomic E-state index is 0.518. The lowest BCUT2D eigenvalue weighted by Crippen LogP contribution is -2.19. The van der Waals surface area contributed by atoms with Crippen molar-refractivity contribution in [3.8, 4) is 0 Å². The Balaban J connectivity index is 3.63. The fourth-order valence-corrected chi connectivity index (χ4v) is 1.63. The van der Waals surface area contributed by atoms with Crippen molar-refractivity contribution in [1.29, 1.82) is 0 Å². The second-order valence-electron chi connectivity index (χ2n) is 4.16. The summed E-state index contributed by atoms with van der Waals surface area (Å²) in [5, 5.41) is 0. The second kappa shape index (κ2) is 6.47. The van der Waals surface area contributed by atoms with Gasteiger partial charge in [0, 0.05) is 0 Å². The Kier molecular flexibility index (Phi) is 6.45. The highest BCUT2D eigenvalue weighted by molar-refractivity contribution is 4.72. The van der Waals surface area contributed by atoms with E-state index < -0.39 is 0 Å². The van der Waals surface area contributed by atoms with Crippen molar-refractivity contribution < 1.29 is 0 Å². The standard InChI is InChI=1S/C11H25N/c1-4-6-7-8-11(3,5-2)9-10-12/h4-10,12H2,1-3H3. The molecule has 0 aromatic rings. The summed E-state index contributed by atoms with van der Waals surface area (Å²) in [7, 11) is 0. The Bertz CT molecular complexity index is 101. The van der Waals surface area contributed by atoms with Crippen LogP contribution < -0.4 is 5.73 Å². The number of nitrogens with two attached hydrogens (primary N) is 1. The molecule has 0 heterocycles. The molecule has 12 heavy (non-hydrogen) atoms. The molecule has 0 amide bonds. The normalized spacial score (nSPS) is 16.0. The SMILES string of the molecule is CCCCCC(C)(CC)CCN. The van der Waals surface area contributed by atoms with Gasteiger partial charge in [0.25, 0.3) is 0 Å². The Morgan fingerprint density at radius 1 is 1.08 bits per heavy atom. The predicted molar refractivity (Wildman–Crippen MR) is 56.2 cm³/mol. The van der Waals surface area contributed by atoms with Crippen LogP contribution in [0, 0.1) is 5.41 Å². The van der Waals surface area contributed by atoms with Crippen molar-refractivity contribution >= 4 is 0 Å². The summed E-state index contributed by atoms with van der Waals surface area (Å²) >= 11 is 0. The molecular weight excluding hydrogens is 146 g/mol. The topological polar surface area (TPSA) is 26.0 Å². The lowest BCUT2D eigenvalue weighted by atomic mass is 9.79. The minimum atomic E-state index is 0.518. The molecule has 0 aliphatic rings. The molecular formula is C11H25N. The maximum atomic E-state index is 5.59. The molecule has 1 unspecified atom stereocenters. The highest BCUT2D eigenvalue weighted by Crippen LogP contribution is 2.31. The van der Waals surface area contributed by atoms with E-state index in [1.54, 1.807) is 0 Å². The van der Waals surface area contributed by atoms with Crippen LogP contribution in [0.2, 0.25) is 0 Å². The van der Waals surface area contributed by atoms with E-state index in [0.717, 1.165) is 6.54 Å². The zero-order valence-corrected chi connectivity index (χ0v) is 9.03. The van der Waals surface area contributed by atoms with Crippen molar-refractivity contribution in [3.05, 3.63) is 0 Å². The van der Waals surface area contributed by atoms with Crippen LogP contribution in [0.15, 0.2) is 0 Å². The summed E-state index contributed by atoms with van der Waals surface area (Å²) in [5.41, 5.74) is 6.11. The van der Waals surface area contributed by atoms with Crippen LogP contribution >= 0.6 is 0 Å². The van der Waals surface area contributed by atoms with E-state index in [2.05, 4.69) is 20.8 Å². The predicted octanol–water partition coefficient (Wildman–Crippen LogP) is 3.33. The molecule has 0 aromatic carbocycles. The van der Waals surface area contributed by atoms with Gasteiger partial charge in [0.15, 0.2) is 0 Å². The maximum Gasteiger partial charge on any atom is -0.00721 e. The van der Waals surface area contributed by atoms with Gasteiger partial charge in [-0.05, 0) is 24.8 Å². The molecule has 1 heteroatoms. The smallest absolute Gasteiger partial charge is 0.00721 e. The number of unbranched alkanes of at least 4 members (excludes halogenated alkanes) is 2. The molecule has 0 saturated heterocycles. The van der Waals surface area contributed by atoms with Crippen molar-refractivity contribution in [2.24, 2.45) is 11.1 Å². The van der Waals surface area contributed by atoms with Gasteiger partial charge in [-0.1, -0.05) is 46.5 Å². The Morgan fingerprint density at radius 3 is 2.17 bits per heavy atom. The van der Waals surface area contributed by atoms with E-state index in [9.17, 15) is 0 Å². The van der Waals surface area contributed by atoms with Crippen LogP contribution in [0.1, 0.15) is 59.3 Å². The first-order valence-corrected chi connectivity index (χ1v) is 5.38. The molecule has 0 bridgehead atoms. The lowest BCUT2D eigenvalue weighted by Gasteiger charge is -2.27. The van der Waals surface area contributed by atoms with Crippen molar-refractivity contribution in [1.82, 2.24) is 0 Å². The van der Waals surface area contributed by atoms with Crippen molar-refractivity contribution in [3.63, 3.8) is 0 Å². The molecule has 0 radical (unpaired) electrons. The van der Waals surface area contributed by atoms with Crippen LogP contribution in [0.3, 0.4) is 0 Å². The summed E-state index contributed by atoms with van der Waals surface area (Å²) in [6, 6.07) is 0. The van der Waals surface area contributed by atoms with Gasteiger partial charge in [-0.3, -0.25) is 0 Å². The quantitative estimate of drug-likeness (QED) is 0.584. The highest BCUT2D eigenvalue weighted by Gasteiger charge is 2.19. The van der Waals surface area contributed by atoms with Gasteiger partial charge in [-0.25, -0.2) is 0 Å². The first-order valence-electron chi connectivity index (χ1n) is 5.38. The summed E-state index contributed by atoms with van der Waals surface area (Å²) in [6.45, 7) is 7.75. The van der Waals surface area contributed by atoms with Crippen LogP contribution in [-0.2, 0) is 0 Å². The van der Waals surface area contributed by atoms with E-state index in [4.69, 9.17) is 5.73 Å². The third kappa shape index (κ3) is 4.76. The van der Waals surface area contributed by atoms with Gasteiger partial charge in [-0.2, -0.15) is 0 Å². The molecule has 1 atom stereocenters. The van der Waals surface area contributed by atoms with E-state index in [1.807, 2.05) is 0 Å². The molecule has 74 valence electrons. The zero-order chi connectivity index (χ0) is 9.45. The Hall–Kier alpha value is -0.0400. The van der Waals surface area contributed by atoms with Crippen LogP contribution in [0.25, 0.3) is 0 Å². The van der Waals surface area contributed by atoms with Gasteiger partial charge in [-0.15, -0.1) is 0 Å². The Labute approximate surface area is 77.7 Å². The maximum absolute atomic E-state index is 5.59. The molecule has 2 N–H and O–H groups in total. The largest absolute Gasteiger partial charge is 0.330 e. The average Bonchev–Trinajstić information content (AvgIpc) is 2.06. The summed E-state index contributed by atoms with van der Waals surface area (Å²) in [6.07, 6.45) is 7.89. The lowest BCUT2D eigenvalue weighted by molar-refractivity contribution is 0.256. The molecule has 0 aliphatic carbocycles. The molecule has 0 rings (SSSR count). The number of hydrogen-bond donors (Lipinski definition) is 1. The minimum Gasteiger partial charge on any atom is -0.330 e. The van der Waals surface area contributed by atoms with Crippen LogP contribution in [0.5, 0.6) is 0 Å². The van der Waals surface area contributed by atoms with E-state index in [-0.39, 0.29) is 0 Å². The number of hydrogen-bond acceptors (Lipinski definition) is 1. The fraction of sp³-hybridized carbons (Fsp3) is 1.00. The molecule has 0 aliphatic heterocycles. The summed E-state index contributed by atoms with van der Waals surface area (Å²) in [5.74, 6) is 0. The molecule has 0 aromatic heterocycles. The summed E-state index contributed by atoms with van der Waals surface area (Å²) < 4.78 is 0. The van der Waals surface area contributed by atoms with E-state index in [0.29, 0.717) is 5.41 Å². The van der Waals surface area contributed by atoms with E-state index >= 15 is 0 Å². The van der Waals surface area contributed by atoms with Crippen molar-refractivity contribution in [2.75, 3.05) is 6.54 Å². The van der Waals surface area contributed by atoms with Crippen LogP contribution in [0.4, 0.5) is 0 Å². The van der Waals surface area contributed by atoms with Gasteiger partial charge >= 0.3 is 0 Å². The monoisotopic (exact) mass is 171 g/mol. The second-order valence-corrected chi connectivity index (χ2v) is 4.16. The van der Waals surface area contributed by atoms with Crippen LogP contribution in [-0.4, -0.2) is 6.54 Å². The molecule has 0 spiro atoms. The average molecular weight is 171 g/mol. The van der Waals surface area contributed by atoms with Crippen molar-refractivity contribution in [2.45, 2.75) is 59.3 Å². The fourth-order valence-electron chi connectivity index (χ4n) is 1.63. The van der Waals surface area contributed by atoms with Gasteiger partial charge in [0.1, 0.15) is 0 Å². The highest BCUT2D eigenvalue weighted by atomic mass is 14.5. The first kappa shape index (κ1) is 12.0.